The molecular formula is C12H12N4S. The number of nitrogens with zero attached hydrogens (tertiary/aromatic N) is 3. The predicted molar refractivity (Wildman–Crippen MR) is 69.7 cm³/mol. The summed E-state index contributed by atoms with van der Waals surface area (Å²) in [5, 5.41) is 2.99. The highest BCUT2D eigenvalue weighted by Gasteiger charge is 2.06. The Balaban J connectivity index is 2.11. The second-order valence-corrected chi connectivity index (χ2v) is 4.83. The van der Waals surface area contributed by atoms with Crippen molar-refractivity contribution in [1.82, 2.24) is 14.5 Å². The molecule has 86 valence electrons. The van der Waals surface area contributed by atoms with Crippen LogP contribution in [-0.4, -0.2) is 14.5 Å². The summed E-state index contributed by atoms with van der Waals surface area (Å²) < 4.78 is 2.01. The molecule has 17 heavy (non-hydrogen) atoms. The van der Waals surface area contributed by atoms with E-state index in [1.807, 2.05) is 23.3 Å². The Morgan fingerprint density at radius 3 is 3.06 bits per heavy atom. The summed E-state index contributed by atoms with van der Waals surface area (Å²) in [5.74, 6) is 0. The monoisotopic (exact) mass is 244 g/mol. The van der Waals surface area contributed by atoms with Gasteiger partial charge in [-0.05, 0) is 12.1 Å². The summed E-state index contributed by atoms with van der Waals surface area (Å²) in [7, 11) is 1.99. The van der Waals surface area contributed by atoms with Crippen LogP contribution >= 0.6 is 11.3 Å². The predicted octanol–water partition coefficient (Wildman–Crippen LogP) is 2.16. The van der Waals surface area contributed by atoms with Gasteiger partial charge in [-0.3, -0.25) is 0 Å². The van der Waals surface area contributed by atoms with Gasteiger partial charge >= 0.3 is 0 Å². The molecule has 1 aromatic carbocycles. The molecule has 0 saturated heterocycles. The molecule has 0 aliphatic rings. The molecule has 3 rings (SSSR count). The quantitative estimate of drug-likeness (QED) is 0.751. The van der Waals surface area contributed by atoms with E-state index >= 15 is 0 Å². The molecule has 2 aromatic heterocycles. The molecule has 0 unspecified atom stereocenters. The number of nitrogens with two attached hydrogens (primary N) is 1. The Kier molecular flexibility index (Phi) is 2.42. The van der Waals surface area contributed by atoms with Crippen LogP contribution in [0.3, 0.4) is 0 Å². The topological polar surface area (TPSA) is 56.7 Å². The van der Waals surface area contributed by atoms with Crippen molar-refractivity contribution in [2.45, 2.75) is 6.54 Å². The van der Waals surface area contributed by atoms with Crippen molar-refractivity contribution in [3.8, 4) is 11.3 Å². The molecule has 0 radical (unpaired) electrons. The van der Waals surface area contributed by atoms with Crippen LogP contribution in [0.2, 0.25) is 0 Å². The zero-order valence-electron chi connectivity index (χ0n) is 9.42. The van der Waals surface area contributed by atoms with E-state index in [0.29, 0.717) is 6.54 Å². The fraction of sp³-hybridized carbons (Fsp3) is 0.167. The lowest BCUT2D eigenvalue weighted by atomic mass is 10.1. The van der Waals surface area contributed by atoms with Crippen molar-refractivity contribution in [3.63, 3.8) is 0 Å². The first-order valence-electron chi connectivity index (χ1n) is 5.34. The minimum Gasteiger partial charge on any atom is -0.334 e. The minimum atomic E-state index is 0.497. The lowest BCUT2D eigenvalue weighted by Gasteiger charge is -1.98. The lowest BCUT2D eigenvalue weighted by Crippen LogP contribution is -1.94. The molecule has 5 heteroatoms. The molecule has 0 saturated carbocycles. The number of aromatic nitrogens is 3. The maximum absolute atomic E-state index is 5.57. The normalized spacial score (nSPS) is 11.2. The number of hydrogen-bond donors (Lipinski definition) is 1. The number of thiazole rings is 1. The highest BCUT2D eigenvalue weighted by molar-refractivity contribution is 7.09. The first-order valence-corrected chi connectivity index (χ1v) is 6.22. The van der Waals surface area contributed by atoms with Crippen LogP contribution in [0.4, 0.5) is 0 Å². The molecule has 4 nitrogen and oxygen atoms in total. The van der Waals surface area contributed by atoms with Crippen LogP contribution in [-0.2, 0) is 13.6 Å². The van der Waals surface area contributed by atoms with Gasteiger partial charge in [0.25, 0.3) is 0 Å². The summed E-state index contributed by atoms with van der Waals surface area (Å²) in [4.78, 5) is 8.82. The average molecular weight is 244 g/mol. The largest absolute Gasteiger partial charge is 0.334 e. The molecule has 0 aliphatic heterocycles. The fourth-order valence-electron chi connectivity index (χ4n) is 1.83. The SMILES string of the molecule is Cn1cnc2cc(-c3csc(CN)n3)ccc21. The van der Waals surface area contributed by atoms with Gasteiger partial charge in [0.15, 0.2) is 0 Å². The van der Waals surface area contributed by atoms with Crippen LogP contribution in [0.15, 0.2) is 29.9 Å². The Hall–Kier alpha value is -1.72. The van der Waals surface area contributed by atoms with Crippen molar-refractivity contribution >= 4 is 22.4 Å². The number of aryl methyl sites for hydroxylation is 1. The van der Waals surface area contributed by atoms with Gasteiger partial charge in [0.05, 0.1) is 23.1 Å². The third-order valence-corrected chi connectivity index (χ3v) is 3.62. The number of fused-ring (bicyclic) bond motifs is 1. The first kappa shape index (κ1) is 10.4. The van der Waals surface area contributed by atoms with Crippen LogP contribution < -0.4 is 5.73 Å². The number of imidazole rings is 1. The Bertz CT molecular complexity index is 668. The second kappa shape index (κ2) is 3.94. The van der Waals surface area contributed by atoms with Gasteiger partial charge in [0.2, 0.25) is 0 Å². The van der Waals surface area contributed by atoms with Crippen LogP contribution in [0, 0.1) is 0 Å². The van der Waals surface area contributed by atoms with E-state index in [-0.39, 0.29) is 0 Å². The molecular weight excluding hydrogens is 232 g/mol. The number of rotatable bonds is 2. The smallest absolute Gasteiger partial charge is 0.107 e. The molecule has 0 spiro atoms. The summed E-state index contributed by atoms with van der Waals surface area (Å²) in [6.07, 6.45) is 1.82. The maximum Gasteiger partial charge on any atom is 0.107 e. The van der Waals surface area contributed by atoms with Crippen molar-refractivity contribution in [2.24, 2.45) is 12.8 Å². The Labute approximate surface area is 103 Å². The van der Waals surface area contributed by atoms with E-state index in [1.54, 1.807) is 11.3 Å². The highest BCUT2D eigenvalue weighted by atomic mass is 32.1. The summed E-state index contributed by atoms with van der Waals surface area (Å²) >= 11 is 1.59. The van der Waals surface area contributed by atoms with Crippen LogP contribution in [0.25, 0.3) is 22.3 Å². The molecule has 0 atom stereocenters. The van der Waals surface area contributed by atoms with E-state index in [2.05, 4.69) is 28.2 Å². The number of benzene rings is 1. The minimum absolute atomic E-state index is 0.497. The van der Waals surface area contributed by atoms with E-state index < -0.39 is 0 Å². The summed E-state index contributed by atoms with van der Waals surface area (Å²) in [5.41, 5.74) is 9.75. The van der Waals surface area contributed by atoms with Gasteiger partial charge < -0.3 is 10.3 Å². The van der Waals surface area contributed by atoms with E-state index in [1.165, 1.54) is 0 Å². The first-order chi connectivity index (χ1) is 8.28. The zero-order valence-corrected chi connectivity index (χ0v) is 10.2. The second-order valence-electron chi connectivity index (χ2n) is 3.89. The Morgan fingerprint density at radius 1 is 1.41 bits per heavy atom. The average Bonchev–Trinajstić information content (AvgIpc) is 2.96. The molecule has 0 fully saturated rings. The highest BCUT2D eigenvalue weighted by Crippen LogP contribution is 2.24. The van der Waals surface area contributed by atoms with Gasteiger partial charge in [-0.25, -0.2) is 9.97 Å². The molecule has 0 aliphatic carbocycles. The maximum atomic E-state index is 5.57. The van der Waals surface area contributed by atoms with Gasteiger partial charge in [0.1, 0.15) is 5.01 Å². The van der Waals surface area contributed by atoms with E-state index in [4.69, 9.17) is 5.73 Å². The van der Waals surface area contributed by atoms with Gasteiger partial charge in [-0.15, -0.1) is 11.3 Å². The zero-order chi connectivity index (χ0) is 11.8. The molecule has 3 aromatic rings. The summed E-state index contributed by atoms with van der Waals surface area (Å²) in [6.45, 7) is 0.497. The molecule has 0 amide bonds. The standard InChI is InChI=1S/C12H12N4S/c1-16-7-14-9-4-8(2-3-11(9)16)10-6-17-12(5-13)15-10/h2-4,6-7H,5,13H2,1H3. The van der Waals surface area contributed by atoms with Crippen molar-refractivity contribution in [3.05, 3.63) is 34.9 Å². The number of hydrogen-bond acceptors (Lipinski definition) is 4. The molecule has 0 bridgehead atoms. The van der Waals surface area contributed by atoms with Gasteiger partial charge in [-0.2, -0.15) is 0 Å². The Morgan fingerprint density at radius 2 is 2.29 bits per heavy atom. The van der Waals surface area contributed by atoms with Gasteiger partial charge in [0, 0.05) is 24.5 Å². The van der Waals surface area contributed by atoms with E-state index in [0.717, 1.165) is 27.3 Å². The van der Waals surface area contributed by atoms with Crippen molar-refractivity contribution < 1.29 is 0 Å². The van der Waals surface area contributed by atoms with Gasteiger partial charge in [-0.1, -0.05) is 6.07 Å². The summed E-state index contributed by atoms with van der Waals surface area (Å²) in [6, 6.07) is 6.20. The third-order valence-electron chi connectivity index (χ3n) is 2.75. The van der Waals surface area contributed by atoms with Crippen molar-refractivity contribution in [1.29, 1.82) is 0 Å². The van der Waals surface area contributed by atoms with Crippen LogP contribution in [0.5, 0.6) is 0 Å². The molecule has 2 N–H and O–H groups in total. The van der Waals surface area contributed by atoms with Crippen LogP contribution in [0.1, 0.15) is 5.01 Å². The third kappa shape index (κ3) is 1.73. The molecule has 2 heterocycles. The fourth-order valence-corrected chi connectivity index (χ4v) is 2.52. The van der Waals surface area contributed by atoms with Crippen molar-refractivity contribution in [2.75, 3.05) is 0 Å². The lowest BCUT2D eigenvalue weighted by molar-refractivity contribution is 0.948. The van der Waals surface area contributed by atoms with E-state index in [9.17, 15) is 0 Å².